The minimum Gasteiger partial charge on any atom is -0.494 e. The Labute approximate surface area is 240 Å². The topological polar surface area (TPSA) is 133 Å². The van der Waals surface area contributed by atoms with Gasteiger partial charge in [0, 0.05) is 45.0 Å². The van der Waals surface area contributed by atoms with Gasteiger partial charge >= 0.3 is 0 Å². The first-order valence-electron chi connectivity index (χ1n) is 12.8. The lowest BCUT2D eigenvalue weighted by atomic mass is 10.0. The Morgan fingerprint density at radius 3 is 2.35 bits per heavy atom. The highest BCUT2D eigenvalue weighted by atomic mass is 32.3. The van der Waals surface area contributed by atoms with Crippen molar-refractivity contribution in [1.82, 2.24) is 14.8 Å². The number of aromatic hydroxyl groups is 1. The molecule has 1 aromatic rings. The van der Waals surface area contributed by atoms with Crippen molar-refractivity contribution in [3.63, 3.8) is 0 Å². The number of nitrogens with one attached hydrogen (secondary N) is 1. The second-order valence-corrected chi connectivity index (χ2v) is 11.3. The molecule has 0 bridgehead atoms. The fourth-order valence-electron chi connectivity index (χ4n) is 4.24. The van der Waals surface area contributed by atoms with Gasteiger partial charge in [0.15, 0.2) is 5.88 Å². The molecule has 1 aromatic heterocycles. The largest absolute Gasteiger partial charge is 0.494 e. The molecule has 2 aliphatic rings. The van der Waals surface area contributed by atoms with Gasteiger partial charge in [0.2, 0.25) is 0 Å². The third kappa shape index (κ3) is 8.94. The van der Waals surface area contributed by atoms with Crippen LogP contribution in [0.25, 0.3) is 6.08 Å². The molecule has 1 amide bonds. The zero-order valence-electron chi connectivity index (χ0n) is 23.7. The maximum Gasteiger partial charge on any atom is 0.256 e. The summed E-state index contributed by atoms with van der Waals surface area (Å²) < 4.78 is 21.9. The maximum absolute atomic E-state index is 13.3. The molecule has 3 heterocycles. The third-order valence-electron chi connectivity index (χ3n) is 6.48. The number of aromatic amines is 1. The van der Waals surface area contributed by atoms with Crippen LogP contribution >= 0.6 is 10.6 Å². The van der Waals surface area contributed by atoms with Crippen LogP contribution in [0.3, 0.4) is 0 Å². The summed E-state index contributed by atoms with van der Waals surface area (Å²) in [5.41, 5.74) is 3.76. The minimum absolute atomic E-state index is 0. The molecule has 0 spiro atoms. The first-order chi connectivity index (χ1) is 18.6. The van der Waals surface area contributed by atoms with Gasteiger partial charge in [-0.05, 0) is 76.2 Å². The van der Waals surface area contributed by atoms with Crippen molar-refractivity contribution in [2.45, 2.75) is 40.0 Å². The highest BCUT2D eigenvalue weighted by Crippen LogP contribution is 2.49. The molecule has 10 heteroatoms. The molecule has 5 N–H and O–H groups in total. The number of aromatic nitrogens is 1. The number of H-pyrrole nitrogens is 1. The van der Waals surface area contributed by atoms with Crippen molar-refractivity contribution >= 4 is 28.3 Å². The molecule has 2 aliphatic heterocycles. The molecular weight excluding hydrogens is 528 g/mol. The zero-order valence-corrected chi connectivity index (χ0v) is 24.5. The number of hydrogen-bond acceptors (Lipinski definition) is 7. The Morgan fingerprint density at radius 2 is 1.75 bits per heavy atom. The van der Waals surface area contributed by atoms with E-state index in [9.17, 15) is 19.0 Å². The fourth-order valence-corrected chi connectivity index (χ4v) is 5.72. The highest BCUT2D eigenvalue weighted by molar-refractivity contribution is 8.24. The predicted molar refractivity (Wildman–Crippen MR) is 167 cm³/mol. The van der Waals surface area contributed by atoms with Crippen LogP contribution in [0.15, 0.2) is 81.0 Å². The quantitative estimate of drug-likeness (QED) is 0.280. The molecule has 9 nitrogen and oxygen atoms in total. The van der Waals surface area contributed by atoms with Crippen molar-refractivity contribution < 1.29 is 24.1 Å². The summed E-state index contributed by atoms with van der Waals surface area (Å²) in [7, 11) is -0.0897. The maximum atomic E-state index is 13.3. The Hall–Kier alpha value is -3.15. The normalized spacial score (nSPS) is 17.7. The number of nitrogens with zero attached hydrogens (tertiary/aromatic N) is 3. The summed E-state index contributed by atoms with van der Waals surface area (Å²) in [5.74, 6) is -0.0613. The van der Waals surface area contributed by atoms with Crippen molar-refractivity contribution in [2.24, 2.45) is 4.99 Å². The Balaban J connectivity index is 0.00000261. The van der Waals surface area contributed by atoms with E-state index in [4.69, 9.17) is 5.11 Å². The Kier molecular flexibility index (Phi) is 14.1. The average Bonchev–Trinajstić information content (AvgIpc) is 3.23. The van der Waals surface area contributed by atoms with Crippen LogP contribution in [-0.2, 0) is 4.79 Å². The van der Waals surface area contributed by atoms with E-state index in [-0.39, 0.29) is 25.0 Å². The molecule has 222 valence electrons. The number of allylic oxidation sites excluding steroid dienone is 4. The van der Waals surface area contributed by atoms with E-state index in [0.717, 1.165) is 31.3 Å². The van der Waals surface area contributed by atoms with Crippen molar-refractivity contribution in [2.75, 3.05) is 46.1 Å². The average molecular weight is 575 g/mol. The van der Waals surface area contributed by atoms with Gasteiger partial charge in [-0.1, -0.05) is 25.7 Å². The van der Waals surface area contributed by atoms with Crippen LogP contribution in [0.2, 0.25) is 0 Å². The van der Waals surface area contributed by atoms with Crippen molar-refractivity contribution in [3.8, 4) is 5.88 Å². The molecule has 1 saturated heterocycles. The molecule has 3 rings (SSSR count). The van der Waals surface area contributed by atoms with Gasteiger partial charge in [0.25, 0.3) is 5.91 Å². The number of aliphatic hydroxyl groups is 1. The molecule has 0 radical (unpaired) electrons. The number of aliphatic hydroxyl groups excluding tert-OH is 1. The molecule has 0 aromatic carbocycles. The molecular formula is C30H46N4O5S. The van der Waals surface area contributed by atoms with Gasteiger partial charge < -0.3 is 25.0 Å². The van der Waals surface area contributed by atoms with E-state index in [1.807, 2.05) is 57.9 Å². The molecule has 1 fully saturated rings. The lowest BCUT2D eigenvalue weighted by Crippen LogP contribution is -2.48. The number of amides is 1. The van der Waals surface area contributed by atoms with Gasteiger partial charge in [0.05, 0.1) is 27.6 Å². The van der Waals surface area contributed by atoms with E-state index in [0.29, 0.717) is 40.5 Å². The lowest BCUT2D eigenvalue weighted by molar-refractivity contribution is -0.128. The van der Waals surface area contributed by atoms with E-state index in [1.165, 1.54) is 6.20 Å². The molecule has 0 aliphatic carbocycles. The fraction of sp³-hybridized carbons (Fsp3) is 0.400. The zero-order chi connectivity index (χ0) is 29.2. The molecule has 0 atom stereocenters. The second-order valence-electron chi connectivity index (χ2n) is 9.21. The smallest absolute Gasteiger partial charge is 0.256 e. The number of aliphatic imine (C=N–C) groups is 1. The van der Waals surface area contributed by atoms with Gasteiger partial charge in [0.1, 0.15) is 0 Å². The van der Waals surface area contributed by atoms with Crippen LogP contribution in [0, 0.1) is 0 Å². The SMILES string of the molecule is C.C/C=C\C(=C/C)CS(O)(O)c1ccc[nH]c(O)c(C=C2N=C(C)C(C(=O)N3CCN(C)CC3)=C2C)cc1.CO. The van der Waals surface area contributed by atoms with Crippen LogP contribution in [-0.4, -0.2) is 91.8 Å². The van der Waals surface area contributed by atoms with Crippen molar-refractivity contribution in [1.29, 1.82) is 0 Å². The number of carbonyl (C=O) groups is 1. The minimum atomic E-state index is -3.14. The van der Waals surface area contributed by atoms with E-state index >= 15 is 0 Å². The van der Waals surface area contributed by atoms with Gasteiger partial charge in [-0.2, -0.15) is 10.6 Å². The first-order valence-corrected chi connectivity index (χ1v) is 14.5. The van der Waals surface area contributed by atoms with Crippen LogP contribution in [0.5, 0.6) is 5.88 Å². The third-order valence-corrected chi connectivity index (χ3v) is 8.24. The standard InChI is InChI=1S/C28H38N4O4S.CH4O.CH4/c1-6-9-22(7-2)19-37(35,36)24-10-8-13-29-27(33)23(11-12-24)18-25-20(3)26(21(4)30-25)28(34)32-16-14-31(5)15-17-32;1-2;/h6-13,18,29,33,35-36H,14-17,19H2,1-5H3;2H,1H3;1H4/b9-6-,12-11?,13-8?,22-7+,24-10?,25-18?,27-23?;;. The van der Waals surface area contributed by atoms with Crippen molar-refractivity contribution in [3.05, 3.63) is 76.7 Å². The molecule has 0 saturated carbocycles. The van der Waals surface area contributed by atoms with Gasteiger partial charge in [-0.15, -0.1) is 0 Å². The number of hydrogen-bond donors (Lipinski definition) is 5. The predicted octanol–water partition coefficient (Wildman–Crippen LogP) is 5.63. The number of piperazine rings is 1. The van der Waals surface area contributed by atoms with Gasteiger partial charge in [-0.25, -0.2) is 0 Å². The Morgan fingerprint density at radius 1 is 1.10 bits per heavy atom. The van der Waals surface area contributed by atoms with Gasteiger partial charge in [-0.3, -0.25) is 18.9 Å². The van der Waals surface area contributed by atoms with E-state index < -0.39 is 10.6 Å². The summed E-state index contributed by atoms with van der Waals surface area (Å²) in [5, 5.41) is 17.7. The Bertz CT molecular complexity index is 1230. The summed E-state index contributed by atoms with van der Waals surface area (Å²) in [6.07, 6.45) is 8.77. The summed E-state index contributed by atoms with van der Waals surface area (Å²) in [4.78, 5) is 25.1. The molecule has 0 unspecified atom stereocenters. The monoisotopic (exact) mass is 574 g/mol. The highest BCUT2D eigenvalue weighted by Gasteiger charge is 2.29. The number of likely N-dealkylation sites (N-methyl/N-ethyl adjacent to an activating group) is 1. The van der Waals surface area contributed by atoms with Crippen LogP contribution < -0.4 is 0 Å². The number of rotatable bonds is 6. The molecule has 40 heavy (non-hydrogen) atoms. The van der Waals surface area contributed by atoms with Crippen LogP contribution in [0.1, 0.15) is 40.7 Å². The lowest BCUT2D eigenvalue weighted by Gasteiger charge is -2.32. The number of carbonyl (C=O) groups excluding carboxylic acids is 1. The van der Waals surface area contributed by atoms with E-state index in [1.54, 1.807) is 30.3 Å². The van der Waals surface area contributed by atoms with E-state index in [2.05, 4.69) is 14.9 Å². The first kappa shape index (κ1) is 34.9. The van der Waals surface area contributed by atoms with Crippen LogP contribution in [0.4, 0.5) is 0 Å². The summed E-state index contributed by atoms with van der Waals surface area (Å²) >= 11 is 0. The summed E-state index contributed by atoms with van der Waals surface area (Å²) in [6, 6.07) is 6.44. The second kappa shape index (κ2) is 16.2. The summed E-state index contributed by atoms with van der Waals surface area (Å²) in [6.45, 7) is 10.4.